The van der Waals surface area contributed by atoms with Crippen LogP contribution in [0.3, 0.4) is 0 Å². The molecule has 2 rings (SSSR count). The van der Waals surface area contributed by atoms with Crippen LogP contribution in [-0.2, 0) is 6.42 Å². The Bertz CT molecular complexity index is 694. The molecule has 2 heterocycles. The van der Waals surface area contributed by atoms with Gasteiger partial charge in [0.1, 0.15) is 0 Å². The number of hydrogen-bond acceptors (Lipinski definition) is 2. The molecule has 1 aliphatic rings. The molecule has 0 aromatic carbocycles. The van der Waals surface area contributed by atoms with Crippen molar-refractivity contribution >= 4 is 40.7 Å². The van der Waals surface area contributed by atoms with Crippen molar-refractivity contribution in [3.05, 3.63) is 53.5 Å². The first kappa shape index (κ1) is 24.0. The number of aliphatic imine (C=N–C) groups is 1. The molecule has 6 heteroatoms. The van der Waals surface area contributed by atoms with Crippen molar-refractivity contribution < 1.29 is 3.92 Å². The van der Waals surface area contributed by atoms with E-state index in [4.69, 9.17) is 0 Å². The molecular formula is C22H35N3PSe2+2. The summed E-state index contributed by atoms with van der Waals surface area (Å²) < 4.78 is 0.747. The maximum absolute atomic E-state index is 4.50. The zero-order chi connectivity index (χ0) is 20.4. The van der Waals surface area contributed by atoms with Crippen LogP contribution in [0.2, 0.25) is 0 Å². The van der Waals surface area contributed by atoms with Gasteiger partial charge in [-0.15, -0.1) is 0 Å². The fourth-order valence-corrected chi connectivity index (χ4v) is 17.2. The number of hydrogen-bond donors (Lipinski definition) is 1. The Morgan fingerprint density at radius 3 is 2.36 bits per heavy atom. The van der Waals surface area contributed by atoms with Gasteiger partial charge in [0.25, 0.3) is 0 Å². The second-order valence-corrected chi connectivity index (χ2v) is 24.9. The van der Waals surface area contributed by atoms with E-state index in [0.717, 1.165) is 24.2 Å². The second-order valence-electron chi connectivity index (χ2n) is 7.51. The summed E-state index contributed by atoms with van der Waals surface area (Å²) in [7, 11) is 0. The third kappa shape index (κ3) is 8.62. The number of aryl methyl sites for hydroxylation is 2. The molecule has 1 N–H and O–H groups in total. The third-order valence-electron chi connectivity index (χ3n) is 4.78. The molecule has 1 atom stereocenters. The molecule has 1 unspecified atom stereocenters. The number of allylic oxidation sites excluding steroid dienone is 3. The van der Waals surface area contributed by atoms with Gasteiger partial charge in [-0.3, -0.25) is 0 Å². The van der Waals surface area contributed by atoms with Gasteiger partial charge in [0.05, 0.1) is 0 Å². The predicted octanol–water partition coefficient (Wildman–Crippen LogP) is 2.91. The molecule has 3 nitrogen and oxygen atoms in total. The van der Waals surface area contributed by atoms with E-state index in [1.165, 1.54) is 49.4 Å². The topological polar surface area (TPSA) is 31.4 Å². The molecule has 0 bridgehead atoms. The number of nitrogens with one attached hydrogen (secondary N) is 1. The van der Waals surface area contributed by atoms with Crippen molar-refractivity contribution in [1.29, 1.82) is 0 Å². The standard InChI is InChI=1S/C22H34N3PSe2/c1-5-13-25(14-6-2)28-26(27,15-11-21-9-7-19(3)23-17-21)16-12-22-10-8-20(4)24-18-22/h7-10,17-18H,5-6,11-16H2,1-4H3/q+1/p+1. The zero-order valence-electron chi connectivity index (χ0n) is 17.8. The molecule has 0 fully saturated rings. The fraction of sp³-hybridized carbons (Fsp3) is 0.545. The van der Waals surface area contributed by atoms with E-state index in [1.54, 1.807) is 0 Å². The van der Waals surface area contributed by atoms with Crippen LogP contribution in [0.15, 0.2) is 42.3 Å². The molecule has 153 valence electrons. The summed E-state index contributed by atoms with van der Waals surface area (Å²) in [5.41, 5.74) is 4.96. The number of aromatic nitrogens is 1. The van der Waals surface area contributed by atoms with Crippen LogP contribution in [0, 0.1) is 6.92 Å². The van der Waals surface area contributed by atoms with Gasteiger partial charge in [-0.2, -0.15) is 0 Å². The number of quaternary nitrogens is 1. The minimum absolute atomic E-state index is 0.634. The SMILES string of the molecule is CCC[NH+](CCC)[Se][P+]([Se-])(CCC1=C[N+]=C(C)C=C1)CCc1ccc(C)nc1. The van der Waals surface area contributed by atoms with E-state index in [0.29, 0.717) is 14.7 Å². The summed E-state index contributed by atoms with van der Waals surface area (Å²) in [5.74, 6) is 0. The van der Waals surface area contributed by atoms with Crippen molar-refractivity contribution in [2.45, 2.75) is 53.4 Å². The van der Waals surface area contributed by atoms with E-state index in [-0.39, 0.29) is 0 Å². The van der Waals surface area contributed by atoms with Crippen LogP contribution >= 0.6 is 4.64 Å². The Morgan fingerprint density at radius 2 is 1.79 bits per heavy atom. The van der Waals surface area contributed by atoms with Gasteiger partial charge in [0.15, 0.2) is 0 Å². The van der Waals surface area contributed by atoms with Crippen LogP contribution in [0.5, 0.6) is 0 Å². The minimum atomic E-state index is -1.09. The summed E-state index contributed by atoms with van der Waals surface area (Å²) in [6.45, 7) is 11.4. The Morgan fingerprint density at radius 1 is 1.07 bits per heavy atom. The third-order valence-corrected chi connectivity index (χ3v) is 18.8. The molecule has 1 aromatic heterocycles. The average molecular weight is 530 g/mol. The van der Waals surface area contributed by atoms with Gasteiger partial charge in [0, 0.05) is 0 Å². The summed E-state index contributed by atoms with van der Waals surface area (Å²) in [4.78, 5) is 8.99. The molecule has 1 aliphatic heterocycles. The average Bonchev–Trinajstić information content (AvgIpc) is 2.68. The zero-order valence-corrected chi connectivity index (χ0v) is 22.1. The molecule has 0 amide bonds. The van der Waals surface area contributed by atoms with Crippen LogP contribution in [0.1, 0.15) is 51.3 Å². The van der Waals surface area contributed by atoms with Crippen molar-refractivity contribution in [2.75, 3.05) is 25.4 Å². The first-order valence-corrected chi connectivity index (χ1v) is 17.8. The fourth-order valence-electron chi connectivity index (χ4n) is 3.10. The number of nitrogens with zero attached hydrogens (tertiary/aromatic N) is 2. The molecule has 0 saturated heterocycles. The van der Waals surface area contributed by atoms with Gasteiger partial charge in [-0.25, -0.2) is 0 Å². The molecule has 0 spiro atoms. The van der Waals surface area contributed by atoms with Gasteiger partial charge in [0.2, 0.25) is 0 Å². The summed E-state index contributed by atoms with van der Waals surface area (Å²) in [6, 6.07) is 4.40. The molecule has 1 aromatic rings. The van der Waals surface area contributed by atoms with Crippen molar-refractivity contribution in [2.24, 2.45) is 0 Å². The van der Waals surface area contributed by atoms with Gasteiger partial charge in [-0.05, 0) is 0 Å². The van der Waals surface area contributed by atoms with Crippen molar-refractivity contribution in [3.8, 4) is 0 Å². The molecule has 28 heavy (non-hydrogen) atoms. The maximum atomic E-state index is 4.50. The van der Waals surface area contributed by atoms with Crippen LogP contribution < -0.4 is 8.91 Å². The van der Waals surface area contributed by atoms with Crippen LogP contribution in [0.25, 0.3) is 0 Å². The second kappa shape index (κ2) is 12.4. The van der Waals surface area contributed by atoms with E-state index < -0.39 is 4.64 Å². The molecular weight excluding hydrogens is 495 g/mol. The Hall–Kier alpha value is -0.271. The van der Waals surface area contributed by atoms with E-state index in [1.807, 2.05) is 3.92 Å². The van der Waals surface area contributed by atoms with Gasteiger partial charge in [-0.1, -0.05) is 0 Å². The van der Waals surface area contributed by atoms with E-state index >= 15 is 0 Å². The summed E-state index contributed by atoms with van der Waals surface area (Å²) >= 11 is 4.41. The van der Waals surface area contributed by atoms with Gasteiger partial charge < -0.3 is 0 Å². The van der Waals surface area contributed by atoms with E-state index in [9.17, 15) is 0 Å². The van der Waals surface area contributed by atoms with Crippen molar-refractivity contribution in [3.63, 3.8) is 0 Å². The molecule has 1 radical (unpaired) electrons. The van der Waals surface area contributed by atoms with Gasteiger partial charge >= 0.3 is 187 Å². The quantitative estimate of drug-likeness (QED) is 0.327. The summed E-state index contributed by atoms with van der Waals surface area (Å²) in [6.07, 6.45) is 16.0. The number of rotatable bonds is 12. The van der Waals surface area contributed by atoms with Crippen LogP contribution in [0.4, 0.5) is 0 Å². The summed E-state index contributed by atoms with van der Waals surface area (Å²) in [5, 5.41) is 0. The Kier molecular flexibility index (Phi) is 10.7. The first-order valence-electron chi connectivity index (χ1n) is 10.4. The van der Waals surface area contributed by atoms with Crippen molar-refractivity contribution in [1.82, 2.24) is 9.98 Å². The number of pyridine rings is 1. The monoisotopic (exact) mass is 532 g/mol. The molecule has 0 aliphatic carbocycles. The Labute approximate surface area is 186 Å². The normalized spacial score (nSPS) is 16.1. The predicted molar refractivity (Wildman–Crippen MR) is 127 cm³/mol. The Balaban J connectivity index is 2.06. The first-order chi connectivity index (χ1) is 13.4. The van der Waals surface area contributed by atoms with E-state index in [2.05, 4.69) is 89.9 Å². The molecule has 0 saturated carbocycles. The van der Waals surface area contributed by atoms with Crippen LogP contribution in [-0.4, -0.2) is 66.4 Å².